The number of hydrogen-bond donors (Lipinski definition) is 0. The Bertz CT molecular complexity index is 2130. The summed E-state index contributed by atoms with van der Waals surface area (Å²) in [6, 6.07) is 52.5. The van der Waals surface area contributed by atoms with E-state index in [0.29, 0.717) is 0 Å². The van der Waals surface area contributed by atoms with Crippen molar-refractivity contribution < 1.29 is 9.47 Å². The monoisotopic (exact) mass is 566 g/mol. The second kappa shape index (κ2) is 10.6. The molecule has 0 aliphatic rings. The van der Waals surface area contributed by atoms with Crippen LogP contribution in [-0.2, 0) is 0 Å². The molecule has 0 atom stereocenters. The summed E-state index contributed by atoms with van der Waals surface area (Å²) < 4.78 is 10.8. The molecule has 0 saturated carbocycles. The van der Waals surface area contributed by atoms with Crippen LogP contribution in [0.25, 0.3) is 76.8 Å². The number of methoxy groups -OCH3 is 2. The molecule has 0 amide bonds. The van der Waals surface area contributed by atoms with Gasteiger partial charge in [0.2, 0.25) is 0 Å². The van der Waals surface area contributed by atoms with Gasteiger partial charge in [0.15, 0.2) is 0 Å². The van der Waals surface area contributed by atoms with Gasteiger partial charge in [0.1, 0.15) is 11.5 Å². The molecule has 0 aromatic heterocycles. The van der Waals surface area contributed by atoms with Crippen LogP contribution in [-0.4, -0.2) is 14.2 Å². The van der Waals surface area contributed by atoms with E-state index in [-0.39, 0.29) is 0 Å². The molecule has 0 bridgehead atoms. The fraction of sp³-hybridized carbons (Fsp3) is 0.0476. The molecule has 8 aromatic rings. The van der Waals surface area contributed by atoms with Gasteiger partial charge < -0.3 is 9.47 Å². The fourth-order valence-electron chi connectivity index (χ4n) is 6.47. The minimum Gasteiger partial charge on any atom is -0.497 e. The van der Waals surface area contributed by atoms with Gasteiger partial charge in [-0.05, 0) is 131 Å². The van der Waals surface area contributed by atoms with Crippen molar-refractivity contribution in [1.82, 2.24) is 0 Å². The fourth-order valence-corrected chi connectivity index (χ4v) is 6.47. The molecule has 0 fully saturated rings. The highest BCUT2D eigenvalue weighted by atomic mass is 16.5. The summed E-state index contributed by atoms with van der Waals surface area (Å²) >= 11 is 0. The molecule has 0 unspecified atom stereocenters. The standard InChI is InChI=1S/C42H30O2/c1-43-39-18-14-29(15-19-39)37-24-36(25-38(26-37)30-16-20-40(44-2)21-17-30)28-8-6-27(7-9-28)35-22-33-12-10-31-4-3-5-32-11-13-34(23-35)42(33)41(31)32/h3-26H,1-2H3. The number of benzene rings is 8. The van der Waals surface area contributed by atoms with Gasteiger partial charge in [-0.25, -0.2) is 0 Å². The van der Waals surface area contributed by atoms with Crippen LogP contribution in [0.15, 0.2) is 146 Å². The largest absolute Gasteiger partial charge is 0.497 e. The molecule has 2 heteroatoms. The summed E-state index contributed by atoms with van der Waals surface area (Å²) in [7, 11) is 3.40. The van der Waals surface area contributed by atoms with E-state index in [1.54, 1.807) is 14.2 Å². The second-order valence-electron chi connectivity index (χ2n) is 11.3. The Morgan fingerprint density at radius 1 is 0.295 bits per heavy atom. The van der Waals surface area contributed by atoms with Crippen molar-refractivity contribution in [3.63, 3.8) is 0 Å². The predicted octanol–water partition coefficient (Wildman–Crippen LogP) is 11.3. The summed E-state index contributed by atoms with van der Waals surface area (Å²) in [4.78, 5) is 0. The Hall–Kier alpha value is -5.60. The highest BCUT2D eigenvalue weighted by molar-refractivity contribution is 6.23. The molecule has 0 aliphatic carbocycles. The minimum atomic E-state index is 0.850. The van der Waals surface area contributed by atoms with Gasteiger partial charge in [-0.2, -0.15) is 0 Å². The van der Waals surface area contributed by atoms with E-state index in [1.165, 1.54) is 54.6 Å². The van der Waals surface area contributed by atoms with E-state index in [1.807, 2.05) is 24.3 Å². The molecule has 44 heavy (non-hydrogen) atoms. The molecule has 0 N–H and O–H groups in total. The molecular formula is C42H30O2. The molecule has 210 valence electrons. The van der Waals surface area contributed by atoms with Crippen molar-refractivity contribution in [2.24, 2.45) is 0 Å². The molecule has 8 aromatic carbocycles. The normalized spacial score (nSPS) is 11.4. The number of rotatable bonds is 6. The molecule has 0 spiro atoms. The second-order valence-corrected chi connectivity index (χ2v) is 11.3. The van der Waals surface area contributed by atoms with Gasteiger partial charge in [-0.3, -0.25) is 0 Å². The maximum Gasteiger partial charge on any atom is 0.118 e. The molecule has 0 heterocycles. The van der Waals surface area contributed by atoms with Crippen LogP contribution in [0, 0.1) is 0 Å². The first-order chi connectivity index (χ1) is 21.7. The highest BCUT2D eigenvalue weighted by Crippen LogP contribution is 2.39. The summed E-state index contributed by atoms with van der Waals surface area (Å²) in [5, 5.41) is 7.85. The van der Waals surface area contributed by atoms with Gasteiger partial charge in [0.25, 0.3) is 0 Å². The number of ether oxygens (including phenoxy) is 2. The predicted molar refractivity (Wildman–Crippen MR) is 185 cm³/mol. The van der Waals surface area contributed by atoms with E-state index in [9.17, 15) is 0 Å². The Morgan fingerprint density at radius 3 is 1.00 bits per heavy atom. The third kappa shape index (κ3) is 4.53. The average Bonchev–Trinajstić information content (AvgIpc) is 3.10. The third-order valence-electron chi connectivity index (χ3n) is 8.79. The summed E-state index contributed by atoms with van der Waals surface area (Å²) in [5.74, 6) is 1.70. The first kappa shape index (κ1) is 26.1. The van der Waals surface area contributed by atoms with Crippen LogP contribution < -0.4 is 9.47 Å². The van der Waals surface area contributed by atoms with E-state index in [2.05, 4.69) is 121 Å². The topological polar surface area (TPSA) is 18.5 Å². The SMILES string of the molecule is COc1ccc(-c2cc(-c3ccc(OC)cc3)cc(-c3ccc(-c4cc5ccc6cccc7ccc(c4)c5c67)cc3)c2)cc1. The van der Waals surface area contributed by atoms with Crippen molar-refractivity contribution >= 4 is 32.3 Å². The van der Waals surface area contributed by atoms with Crippen LogP contribution in [0.2, 0.25) is 0 Å². The summed E-state index contributed by atoms with van der Waals surface area (Å²) in [6.45, 7) is 0. The first-order valence-electron chi connectivity index (χ1n) is 14.9. The lowest BCUT2D eigenvalue weighted by atomic mass is 9.90. The van der Waals surface area contributed by atoms with Crippen LogP contribution in [0.5, 0.6) is 11.5 Å². The van der Waals surface area contributed by atoms with Crippen LogP contribution >= 0.6 is 0 Å². The minimum absolute atomic E-state index is 0.850. The van der Waals surface area contributed by atoms with Crippen molar-refractivity contribution in [3.8, 4) is 56.0 Å². The molecular weight excluding hydrogens is 536 g/mol. The van der Waals surface area contributed by atoms with Gasteiger partial charge in [0, 0.05) is 0 Å². The first-order valence-corrected chi connectivity index (χ1v) is 14.9. The van der Waals surface area contributed by atoms with Crippen LogP contribution in [0.1, 0.15) is 0 Å². The Morgan fingerprint density at radius 2 is 0.614 bits per heavy atom. The smallest absolute Gasteiger partial charge is 0.118 e. The van der Waals surface area contributed by atoms with Gasteiger partial charge in [-0.15, -0.1) is 0 Å². The van der Waals surface area contributed by atoms with Crippen molar-refractivity contribution in [3.05, 3.63) is 146 Å². The lowest BCUT2D eigenvalue weighted by Gasteiger charge is -2.14. The molecule has 0 radical (unpaired) electrons. The van der Waals surface area contributed by atoms with Crippen LogP contribution in [0.4, 0.5) is 0 Å². The Kier molecular flexibility index (Phi) is 6.27. The third-order valence-corrected chi connectivity index (χ3v) is 8.79. The van der Waals surface area contributed by atoms with Crippen molar-refractivity contribution in [2.45, 2.75) is 0 Å². The zero-order valence-electron chi connectivity index (χ0n) is 24.7. The molecule has 8 rings (SSSR count). The zero-order valence-corrected chi connectivity index (χ0v) is 24.7. The van der Waals surface area contributed by atoms with E-state index >= 15 is 0 Å². The van der Waals surface area contributed by atoms with E-state index < -0.39 is 0 Å². The highest BCUT2D eigenvalue weighted by Gasteiger charge is 2.12. The lowest BCUT2D eigenvalue weighted by molar-refractivity contribution is 0.415. The summed E-state index contributed by atoms with van der Waals surface area (Å²) in [6.07, 6.45) is 0. The van der Waals surface area contributed by atoms with Crippen LogP contribution in [0.3, 0.4) is 0 Å². The van der Waals surface area contributed by atoms with Crippen molar-refractivity contribution in [2.75, 3.05) is 14.2 Å². The molecule has 2 nitrogen and oxygen atoms in total. The quantitative estimate of drug-likeness (QED) is 0.186. The van der Waals surface area contributed by atoms with E-state index in [4.69, 9.17) is 9.47 Å². The Labute approximate surface area is 257 Å². The zero-order chi connectivity index (χ0) is 29.6. The lowest BCUT2D eigenvalue weighted by Crippen LogP contribution is -1.88. The maximum absolute atomic E-state index is 5.40. The van der Waals surface area contributed by atoms with Gasteiger partial charge in [-0.1, -0.05) is 91.0 Å². The molecule has 0 aliphatic heterocycles. The maximum atomic E-state index is 5.40. The molecule has 0 saturated heterocycles. The van der Waals surface area contributed by atoms with Gasteiger partial charge in [0.05, 0.1) is 14.2 Å². The van der Waals surface area contributed by atoms with Crippen molar-refractivity contribution in [1.29, 1.82) is 0 Å². The number of hydrogen-bond acceptors (Lipinski definition) is 2. The summed E-state index contributed by atoms with van der Waals surface area (Å²) in [5.41, 5.74) is 9.40. The Balaban J connectivity index is 1.20. The van der Waals surface area contributed by atoms with Gasteiger partial charge >= 0.3 is 0 Å². The van der Waals surface area contributed by atoms with E-state index in [0.717, 1.165) is 33.8 Å². The average molecular weight is 567 g/mol.